The second-order valence-electron chi connectivity index (χ2n) is 3.94. The van der Waals surface area contributed by atoms with Crippen LogP contribution in [0.4, 0.5) is 0 Å². The molecule has 0 fully saturated rings. The molecule has 1 heterocycles. The predicted molar refractivity (Wildman–Crippen MR) is 67.4 cm³/mol. The minimum atomic E-state index is 0.127. The summed E-state index contributed by atoms with van der Waals surface area (Å²) in [5, 5.41) is 2.90. The maximum atomic E-state index is 11.7. The lowest BCUT2D eigenvalue weighted by Crippen LogP contribution is -2.30. The van der Waals surface area contributed by atoms with Crippen LogP contribution in [0.1, 0.15) is 17.5 Å². The zero-order chi connectivity index (χ0) is 10.4. The van der Waals surface area contributed by atoms with Crippen molar-refractivity contribution in [2.75, 3.05) is 6.54 Å². The van der Waals surface area contributed by atoms with Crippen LogP contribution in [0.2, 0.25) is 0 Å². The number of halogens is 1. The largest absolute Gasteiger partial charge is 0.352 e. The number of carbonyl (C=O) groups is 1. The molecule has 0 unspecified atom stereocenters. The van der Waals surface area contributed by atoms with Crippen LogP contribution in [0.5, 0.6) is 0 Å². The smallest absolute Gasteiger partial charge is 0.247 e. The molecule has 0 atom stereocenters. The first kappa shape index (κ1) is 9.39. The average molecular weight is 311 g/mol. The molecule has 1 N–H and O–H groups in total. The van der Waals surface area contributed by atoms with Crippen LogP contribution in [0.25, 0.3) is 5.57 Å². The van der Waals surface area contributed by atoms with Crippen molar-refractivity contribution >= 4 is 34.1 Å². The summed E-state index contributed by atoms with van der Waals surface area (Å²) >= 11 is 2.32. The second-order valence-corrected chi connectivity index (χ2v) is 5.19. The maximum Gasteiger partial charge on any atom is 0.247 e. The average Bonchev–Trinajstić information content (AvgIpc) is 2.58. The standard InChI is InChI=1S/C12H10INO/c13-8-2-1-7-5-11-9(10(7)6-8)3-4-14-12(11)15/h1-2,6H,3-5H2,(H,14,15). The molecule has 1 aromatic rings. The number of carbonyl (C=O) groups excluding carboxylic acids is 1. The summed E-state index contributed by atoms with van der Waals surface area (Å²) in [7, 11) is 0. The molecule has 0 radical (unpaired) electrons. The highest BCUT2D eigenvalue weighted by Gasteiger charge is 2.28. The van der Waals surface area contributed by atoms with Crippen molar-refractivity contribution in [2.24, 2.45) is 0 Å². The van der Waals surface area contributed by atoms with Gasteiger partial charge in [0.2, 0.25) is 5.91 Å². The number of benzene rings is 1. The number of hydrogen-bond donors (Lipinski definition) is 1. The molecule has 76 valence electrons. The van der Waals surface area contributed by atoms with Gasteiger partial charge < -0.3 is 5.32 Å². The normalized spacial score (nSPS) is 18.6. The van der Waals surface area contributed by atoms with Gasteiger partial charge in [0.25, 0.3) is 0 Å². The van der Waals surface area contributed by atoms with Crippen molar-refractivity contribution in [1.82, 2.24) is 5.32 Å². The lowest BCUT2D eigenvalue weighted by Gasteiger charge is -2.15. The number of fused-ring (bicyclic) bond motifs is 2. The summed E-state index contributed by atoms with van der Waals surface area (Å²) in [5.41, 5.74) is 4.86. The molecule has 0 saturated heterocycles. The molecule has 2 nitrogen and oxygen atoms in total. The third-order valence-corrected chi connectivity index (χ3v) is 3.73. The Kier molecular flexibility index (Phi) is 2.09. The van der Waals surface area contributed by atoms with E-state index in [0.717, 1.165) is 25.0 Å². The Morgan fingerprint density at radius 1 is 1.27 bits per heavy atom. The lowest BCUT2D eigenvalue weighted by atomic mass is 10.00. The molecule has 0 aromatic heterocycles. The molecule has 3 rings (SSSR count). The van der Waals surface area contributed by atoms with Gasteiger partial charge in [-0.3, -0.25) is 4.79 Å². The number of amides is 1. The maximum absolute atomic E-state index is 11.7. The fraction of sp³-hybridized carbons (Fsp3) is 0.250. The van der Waals surface area contributed by atoms with Gasteiger partial charge in [0.15, 0.2) is 0 Å². The highest BCUT2D eigenvalue weighted by molar-refractivity contribution is 14.1. The molecule has 0 bridgehead atoms. The fourth-order valence-electron chi connectivity index (χ4n) is 2.35. The van der Waals surface area contributed by atoms with Crippen LogP contribution in [0, 0.1) is 3.57 Å². The van der Waals surface area contributed by atoms with Crippen molar-refractivity contribution in [2.45, 2.75) is 12.8 Å². The van der Waals surface area contributed by atoms with Crippen LogP contribution in [-0.2, 0) is 11.2 Å². The van der Waals surface area contributed by atoms with E-state index < -0.39 is 0 Å². The van der Waals surface area contributed by atoms with E-state index in [-0.39, 0.29) is 5.91 Å². The second kappa shape index (κ2) is 3.33. The molecule has 1 aliphatic heterocycles. The van der Waals surface area contributed by atoms with Gasteiger partial charge in [-0.2, -0.15) is 0 Å². The first-order chi connectivity index (χ1) is 7.25. The van der Waals surface area contributed by atoms with Gasteiger partial charge in [0, 0.05) is 22.1 Å². The quantitative estimate of drug-likeness (QED) is 0.731. The zero-order valence-electron chi connectivity index (χ0n) is 8.14. The van der Waals surface area contributed by atoms with E-state index in [1.165, 1.54) is 20.3 Å². The predicted octanol–water partition coefficient (Wildman–Crippen LogP) is 2.12. The topological polar surface area (TPSA) is 29.1 Å². The van der Waals surface area contributed by atoms with E-state index >= 15 is 0 Å². The van der Waals surface area contributed by atoms with Crippen molar-refractivity contribution in [3.8, 4) is 0 Å². The number of rotatable bonds is 0. The molecule has 1 aliphatic carbocycles. The Morgan fingerprint density at radius 3 is 3.00 bits per heavy atom. The molecule has 3 heteroatoms. The molecule has 2 aliphatic rings. The van der Waals surface area contributed by atoms with Crippen molar-refractivity contribution < 1.29 is 4.79 Å². The molecular weight excluding hydrogens is 301 g/mol. The minimum absolute atomic E-state index is 0.127. The summed E-state index contributed by atoms with van der Waals surface area (Å²) in [5.74, 6) is 0.127. The Labute approximate surface area is 102 Å². The molecule has 15 heavy (non-hydrogen) atoms. The van der Waals surface area contributed by atoms with E-state index in [4.69, 9.17) is 0 Å². The summed E-state index contributed by atoms with van der Waals surface area (Å²) < 4.78 is 1.24. The van der Waals surface area contributed by atoms with E-state index in [9.17, 15) is 4.79 Å². The van der Waals surface area contributed by atoms with E-state index in [1.807, 2.05) is 0 Å². The molecule has 1 amide bonds. The summed E-state index contributed by atoms with van der Waals surface area (Å²) in [6.07, 6.45) is 1.79. The third-order valence-electron chi connectivity index (χ3n) is 3.06. The van der Waals surface area contributed by atoms with Crippen LogP contribution < -0.4 is 5.32 Å². The van der Waals surface area contributed by atoms with Gasteiger partial charge in [-0.1, -0.05) is 6.07 Å². The molecule has 0 spiro atoms. The first-order valence-electron chi connectivity index (χ1n) is 5.05. The van der Waals surface area contributed by atoms with Gasteiger partial charge in [-0.15, -0.1) is 0 Å². The SMILES string of the molecule is O=C1NCCC2=C1Cc1ccc(I)cc12. The first-order valence-corrected chi connectivity index (χ1v) is 6.12. The van der Waals surface area contributed by atoms with Gasteiger partial charge in [-0.05, 0) is 57.8 Å². The molecule has 0 saturated carbocycles. The monoisotopic (exact) mass is 311 g/mol. The highest BCUT2D eigenvalue weighted by atomic mass is 127. The number of hydrogen-bond acceptors (Lipinski definition) is 1. The van der Waals surface area contributed by atoms with E-state index in [0.29, 0.717) is 0 Å². The van der Waals surface area contributed by atoms with Gasteiger partial charge in [-0.25, -0.2) is 0 Å². The molecule has 1 aromatic carbocycles. The van der Waals surface area contributed by atoms with Gasteiger partial charge in [0.1, 0.15) is 0 Å². The Balaban J connectivity index is 2.16. The van der Waals surface area contributed by atoms with Crippen LogP contribution in [-0.4, -0.2) is 12.5 Å². The molecular formula is C12H10INO. The van der Waals surface area contributed by atoms with Crippen molar-refractivity contribution in [3.63, 3.8) is 0 Å². The Hall–Kier alpha value is -0.840. The van der Waals surface area contributed by atoms with E-state index in [2.05, 4.69) is 46.1 Å². The summed E-state index contributed by atoms with van der Waals surface area (Å²) in [6, 6.07) is 6.44. The van der Waals surface area contributed by atoms with Gasteiger partial charge in [0.05, 0.1) is 0 Å². The van der Waals surface area contributed by atoms with Crippen LogP contribution in [0.15, 0.2) is 23.8 Å². The van der Waals surface area contributed by atoms with Crippen molar-refractivity contribution in [3.05, 3.63) is 38.5 Å². The van der Waals surface area contributed by atoms with E-state index in [1.54, 1.807) is 0 Å². The summed E-state index contributed by atoms with van der Waals surface area (Å²) in [6.45, 7) is 0.780. The fourth-order valence-corrected chi connectivity index (χ4v) is 2.85. The van der Waals surface area contributed by atoms with Crippen molar-refractivity contribution in [1.29, 1.82) is 0 Å². The summed E-state index contributed by atoms with van der Waals surface area (Å²) in [4.78, 5) is 11.7. The Morgan fingerprint density at radius 2 is 2.13 bits per heavy atom. The third kappa shape index (κ3) is 1.40. The number of nitrogens with one attached hydrogen (secondary N) is 1. The lowest BCUT2D eigenvalue weighted by molar-refractivity contribution is -0.117. The highest BCUT2D eigenvalue weighted by Crippen LogP contribution is 2.37. The van der Waals surface area contributed by atoms with Crippen LogP contribution in [0.3, 0.4) is 0 Å². The Bertz CT molecular complexity index is 490. The zero-order valence-corrected chi connectivity index (χ0v) is 10.3. The van der Waals surface area contributed by atoms with Crippen LogP contribution >= 0.6 is 22.6 Å². The van der Waals surface area contributed by atoms with Gasteiger partial charge >= 0.3 is 0 Å². The minimum Gasteiger partial charge on any atom is -0.352 e.